The van der Waals surface area contributed by atoms with Gasteiger partial charge in [-0.25, -0.2) is 4.79 Å². The van der Waals surface area contributed by atoms with Crippen LogP contribution in [0.5, 0.6) is 0 Å². The van der Waals surface area contributed by atoms with Gasteiger partial charge in [0, 0.05) is 26.7 Å². The Morgan fingerprint density at radius 1 is 1.29 bits per heavy atom. The van der Waals surface area contributed by atoms with E-state index < -0.39 is 0 Å². The summed E-state index contributed by atoms with van der Waals surface area (Å²) >= 11 is 0. The van der Waals surface area contributed by atoms with Crippen LogP contribution in [0.2, 0.25) is 0 Å². The standard InChI is InChI=1S/C10H18NO3/c1-8(12)10-6-4-5-7-11(10,3)14-9(2)13/h10H,4-7H2,1-3H3/q+1. The molecule has 1 aliphatic heterocycles. The number of hydrogen-bond donors (Lipinski definition) is 0. The highest BCUT2D eigenvalue weighted by atomic mass is 16.7. The predicted octanol–water partition coefficient (Wildman–Crippen LogP) is 1.05. The van der Waals surface area contributed by atoms with Gasteiger partial charge in [-0.05, 0) is 6.42 Å². The lowest BCUT2D eigenvalue weighted by Gasteiger charge is -2.39. The second kappa shape index (κ2) is 4.09. The molecule has 1 saturated heterocycles. The highest BCUT2D eigenvalue weighted by molar-refractivity contribution is 5.80. The SMILES string of the molecule is CC(=O)O[N+]1(C)CCCCC1C(C)=O. The normalized spacial score (nSPS) is 32.4. The molecular weight excluding hydrogens is 182 g/mol. The first kappa shape index (κ1) is 11.2. The smallest absolute Gasteiger partial charge is 0.293 e. The zero-order valence-electron chi connectivity index (χ0n) is 9.08. The number of carbonyl (C=O) groups excluding carboxylic acids is 2. The number of likely N-dealkylation sites (tertiary alicyclic amines) is 1. The molecule has 1 aliphatic rings. The van der Waals surface area contributed by atoms with Crippen LogP contribution >= 0.6 is 0 Å². The Bertz CT molecular complexity index is 252. The number of hydrogen-bond acceptors (Lipinski definition) is 3. The largest absolute Gasteiger partial charge is 0.363 e. The molecule has 4 heteroatoms. The number of ketones is 1. The van der Waals surface area contributed by atoms with Crippen molar-refractivity contribution in [1.29, 1.82) is 0 Å². The average Bonchev–Trinajstić information content (AvgIpc) is 2.01. The van der Waals surface area contributed by atoms with Gasteiger partial charge in [0.2, 0.25) is 0 Å². The first-order valence-corrected chi connectivity index (χ1v) is 5.01. The molecule has 0 bridgehead atoms. The zero-order chi connectivity index (χ0) is 10.8. The van der Waals surface area contributed by atoms with Crippen molar-refractivity contribution in [3.05, 3.63) is 0 Å². The molecule has 0 radical (unpaired) electrons. The first-order chi connectivity index (χ1) is 6.46. The third kappa shape index (κ3) is 2.32. The van der Waals surface area contributed by atoms with E-state index in [0.29, 0.717) is 0 Å². The molecule has 1 rings (SSSR count). The summed E-state index contributed by atoms with van der Waals surface area (Å²) in [6, 6.07) is -0.173. The quantitative estimate of drug-likeness (QED) is 0.626. The molecule has 0 aromatic carbocycles. The van der Waals surface area contributed by atoms with Gasteiger partial charge in [0.05, 0.1) is 0 Å². The molecule has 4 nitrogen and oxygen atoms in total. The minimum Gasteiger partial charge on any atom is -0.293 e. The fraction of sp³-hybridized carbons (Fsp3) is 0.800. The van der Waals surface area contributed by atoms with E-state index >= 15 is 0 Å². The summed E-state index contributed by atoms with van der Waals surface area (Å²) in [5, 5.41) is 0. The molecule has 14 heavy (non-hydrogen) atoms. The average molecular weight is 200 g/mol. The molecule has 0 spiro atoms. The van der Waals surface area contributed by atoms with Crippen molar-refractivity contribution in [2.24, 2.45) is 0 Å². The van der Waals surface area contributed by atoms with Crippen LogP contribution in [-0.4, -0.2) is 36.0 Å². The van der Waals surface area contributed by atoms with Gasteiger partial charge in [0.1, 0.15) is 13.6 Å². The molecule has 1 heterocycles. The molecule has 0 aromatic rings. The lowest BCUT2D eigenvalue weighted by molar-refractivity contribution is -1.09. The highest BCUT2D eigenvalue weighted by Gasteiger charge is 2.42. The van der Waals surface area contributed by atoms with E-state index in [-0.39, 0.29) is 22.4 Å². The van der Waals surface area contributed by atoms with Gasteiger partial charge < -0.3 is 0 Å². The van der Waals surface area contributed by atoms with Crippen LogP contribution in [0.15, 0.2) is 0 Å². The van der Waals surface area contributed by atoms with Crippen molar-refractivity contribution in [3.63, 3.8) is 0 Å². The molecule has 0 aliphatic carbocycles. The van der Waals surface area contributed by atoms with Gasteiger partial charge in [0.25, 0.3) is 0 Å². The van der Waals surface area contributed by atoms with Crippen molar-refractivity contribution in [2.45, 2.75) is 39.2 Å². The van der Waals surface area contributed by atoms with Gasteiger partial charge in [0.15, 0.2) is 11.8 Å². The first-order valence-electron chi connectivity index (χ1n) is 5.01. The summed E-state index contributed by atoms with van der Waals surface area (Å²) in [7, 11) is 1.81. The summed E-state index contributed by atoms with van der Waals surface area (Å²) < 4.78 is 0.130. The summed E-state index contributed by atoms with van der Waals surface area (Å²) in [5.41, 5.74) is 0. The van der Waals surface area contributed by atoms with E-state index in [4.69, 9.17) is 4.84 Å². The van der Waals surface area contributed by atoms with Gasteiger partial charge in [-0.1, -0.05) is 0 Å². The number of Topliss-reactive ketones (excluding diaryl/α,β-unsaturated/α-hetero) is 1. The molecule has 0 saturated carbocycles. The second-order valence-corrected chi connectivity index (χ2v) is 4.10. The van der Waals surface area contributed by atoms with Crippen LogP contribution in [0.25, 0.3) is 0 Å². The Labute approximate surface area is 84.4 Å². The number of likely N-dealkylation sites (N-methyl/N-ethyl adjacent to an activating group) is 1. The summed E-state index contributed by atoms with van der Waals surface area (Å²) in [6.07, 6.45) is 2.87. The van der Waals surface area contributed by atoms with Crippen molar-refractivity contribution in [1.82, 2.24) is 0 Å². The number of rotatable bonds is 2. The van der Waals surface area contributed by atoms with Gasteiger partial charge in [-0.15, -0.1) is 4.65 Å². The topological polar surface area (TPSA) is 43.4 Å². The van der Waals surface area contributed by atoms with E-state index in [0.717, 1.165) is 25.8 Å². The molecule has 1 fully saturated rings. The number of quaternary nitrogens is 1. The van der Waals surface area contributed by atoms with E-state index in [1.807, 2.05) is 7.05 Å². The lowest BCUT2D eigenvalue weighted by Crippen LogP contribution is -2.58. The number of nitrogens with zero attached hydrogens (tertiary/aromatic N) is 1. The molecule has 80 valence electrons. The Balaban J connectivity index is 2.79. The minimum absolute atomic E-state index is 0.105. The minimum atomic E-state index is -0.319. The van der Waals surface area contributed by atoms with E-state index in [1.54, 1.807) is 6.92 Å². The third-order valence-corrected chi connectivity index (χ3v) is 2.80. The molecule has 2 atom stereocenters. The number of hydroxylamine groups is 3. The Kier molecular flexibility index (Phi) is 3.26. The fourth-order valence-corrected chi connectivity index (χ4v) is 2.18. The van der Waals surface area contributed by atoms with Gasteiger partial charge in [-0.2, -0.15) is 0 Å². The van der Waals surface area contributed by atoms with Crippen LogP contribution in [-0.2, 0) is 14.4 Å². The summed E-state index contributed by atoms with van der Waals surface area (Å²) in [5.74, 6) is -0.214. The van der Waals surface area contributed by atoms with E-state index in [1.165, 1.54) is 6.92 Å². The van der Waals surface area contributed by atoms with Crippen molar-refractivity contribution in [2.75, 3.05) is 13.6 Å². The zero-order valence-corrected chi connectivity index (χ0v) is 9.08. The highest BCUT2D eigenvalue weighted by Crippen LogP contribution is 2.25. The maximum Gasteiger partial charge on any atom is 0.363 e. The third-order valence-electron chi connectivity index (χ3n) is 2.80. The van der Waals surface area contributed by atoms with Crippen LogP contribution in [0, 0.1) is 0 Å². The number of carbonyl (C=O) groups is 2. The molecule has 0 aromatic heterocycles. The molecular formula is C10H18NO3+. The second-order valence-electron chi connectivity index (χ2n) is 4.10. The van der Waals surface area contributed by atoms with Crippen LogP contribution in [0.3, 0.4) is 0 Å². The maximum absolute atomic E-state index is 11.4. The van der Waals surface area contributed by atoms with Crippen LogP contribution in [0.4, 0.5) is 0 Å². The van der Waals surface area contributed by atoms with Crippen molar-refractivity contribution >= 4 is 11.8 Å². The van der Waals surface area contributed by atoms with E-state index in [9.17, 15) is 9.59 Å². The Morgan fingerprint density at radius 2 is 1.93 bits per heavy atom. The summed E-state index contributed by atoms with van der Waals surface area (Å²) in [6.45, 7) is 3.69. The predicted molar refractivity (Wildman–Crippen MR) is 51.1 cm³/mol. The summed E-state index contributed by atoms with van der Waals surface area (Å²) in [4.78, 5) is 27.6. The van der Waals surface area contributed by atoms with Crippen LogP contribution < -0.4 is 0 Å². The molecule has 2 unspecified atom stereocenters. The Morgan fingerprint density at radius 3 is 2.43 bits per heavy atom. The van der Waals surface area contributed by atoms with Gasteiger partial charge >= 0.3 is 5.97 Å². The van der Waals surface area contributed by atoms with Gasteiger partial charge in [-0.3, -0.25) is 9.63 Å². The maximum atomic E-state index is 11.4. The number of piperidine rings is 1. The monoisotopic (exact) mass is 200 g/mol. The van der Waals surface area contributed by atoms with Crippen molar-refractivity contribution in [3.8, 4) is 0 Å². The van der Waals surface area contributed by atoms with Crippen molar-refractivity contribution < 1.29 is 19.1 Å². The Hall–Kier alpha value is -0.900. The lowest BCUT2D eigenvalue weighted by atomic mass is 9.99. The van der Waals surface area contributed by atoms with E-state index in [2.05, 4.69) is 0 Å². The fourth-order valence-electron chi connectivity index (χ4n) is 2.18. The molecule has 0 N–H and O–H groups in total. The van der Waals surface area contributed by atoms with Crippen LogP contribution in [0.1, 0.15) is 33.1 Å². The molecule has 0 amide bonds.